The zero-order valence-electron chi connectivity index (χ0n) is 12.7. The molecule has 0 radical (unpaired) electrons. The summed E-state index contributed by atoms with van der Waals surface area (Å²) in [7, 11) is 0. The second-order valence-electron chi connectivity index (χ2n) is 4.92. The number of nitrogens with one attached hydrogen (secondary N) is 3. The number of hydrogen-bond donors (Lipinski definition) is 4. The minimum atomic E-state index is -0.286. The Kier molecular flexibility index (Phi) is 4.52. The molecule has 0 saturated carbocycles. The largest absolute Gasteiger partial charge is 0.393 e. The molecule has 0 aliphatic heterocycles. The van der Waals surface area contributed by atoms with E-state index >= 15 is 0 Å². The zero-order valence-corrected chi connectivity index (χ0v) is 12.7. The number of para-hydroxylation sites is 1. The lowest BCUT2D eigenvalue weighted by Gasteiger charge is -2.13. The van der Waals surface area contributed by atoms with Gasteiger partial charge in [0.15, 0.2) is 11.6 Å². The lowest BCUT2D eigenvalue weighted by atomic mass is 10.2. The van der Waals surface area contributed by atoms with Crippen molar-refractivity contribution in [2.75, 3.05) is 16.5 Å². The van der Waals surface area contributed by atoms with Gasteiger partial charge in [-0.2, -0.15) is 0 Å². The molecule has 0 atom stereocenters. The molecule has 7 nitrogen and oxygen atoms in total. The summed E-state index contributed by atoms with van der Waals surface area (Å²) in [6.07, 6.45) is 1.36. The van der Waals surface area contributed by atoms with Crippen LogP contribution in [-0.2, 0) is 0 Å². The number of amides is 1. The van der Waals surface area contributed by atoms with Gasteiger partial charge in [0.2, 0.25) is 0 Å². The minimum absolute atomic E-state index is 0.286. The van der Waals surface area contributed by atoms with Gasteiger partial charge in [0.1, 0.15) is 12.0 Å². The Morgan fingerprint density at radius 3 is 2.21 bits per heavy atom. The van der Waals surface area contributed by atoms with Crippen LogP contribution in [0.2, 0.25) is 0 Å². The number of rotatable bonds is 5. The smallest absolute Gasteiger partial charge is 0.269 e. The number of carbonyl (C=O) groups is 1. The maximum atomic E-state index is 12.0. The number of nitrogen functional groups attached to an aromatic ring is 1. The molecule has 5 N–H and O–H groups in total. The van der Waals surface area contributed by atoms with E-state index in [1.165, 1.54) is 6.33 Å². The fraction of sp³-hybridized carbons (Fsp3) is 0. The Morgan fingerprint density at radius 2 is 1.50 bits per heavy atom. The van der Waals surface area contributed by atoms with Crippen molar-refractivity contribution >= 4 is 28.9 Å². The summed E-state index contributed by atoms with van der Waals surface area (Å²) >= 11 is 0. The first kappa shape index (κ1) is 15.3. The second-order valence-corrected chi connectivity index (χ2v) is 4.92. The first-order chi connectivity index (χ1) is 11.7. The van der Waals surface area contributed by atoms with Gasteiger partial charge in [0, 0.05) is 11.3 Å². The van der Waals surface area contributed by atoms with Gasteiger partial charge in [-0.3, -0.25) is 15.6 Å². The first-order valence-electron chi connectivity index (χ1n) is 7.28. The Morgan fingerprint density at radius 1 is 0.875 bits per heavy atom. The summed E-state index contributed by atoms with van der Waals surface area (Å²) in [4.78, 5) is 20.2. The average molecular weight is 320 g/mol. The van der Waals surface area contributed by atoms with Gasteiger partial charge >= 0.3 is 0 Å². The topological polar surface area (TPSA) is 105 Å². The summed E-state index contributed by atoms with van der Waals surface area (Å²) in [6, 6.07) is 18.3. The Bertz CT molecular complexity index is 823. The quantitative estimate of drug-likeness (QED) is 0.539. The van der Waals surface area contributed by atoms with Gasteiger partial charge in [0.05, 0.1) is 0 Å². The summed E-state index contributed by atoms with van der Waals surface area (Å²) in [5.41, 5.74) is 13.0. The van der Waals surface area contributed by atoms with Crippen LogP contribution in [-0.4, -0.2) is 15.9 Å². The molecule has 0 aliphatic carbocycles. The van der Waals surface area contributed by atoms with E-state index in [2.05, 4.69) is 26.1 Å². The number of anilines is 4. The van der Waals surface area contributed by atoms with Crippen LogP contribution in [0.5, 0.6) is 0 Å². The molecule has 3 rings (SSSR count). The molecule has 0 saturated heterocycles. The Labute approximate surface area is 138 Å². The molecule has 7 heteroatoms. The highest BCUT2D eigenvalue weighted by Crippen LogP contribution is 2.25. The van der Waals surface area contributed by atoms with E-state index in [9.17, 15) is 4.79 Å². The number of carbonyl (C=O) groups excluding carboxylic acids is 1. The summed E-state index contributed by atoms with van der Waals surface area (Å²) in [6.45, 7) is 0. The lowest BCUT2D eigenvalue weighted by Crippen LogP contribution is -2.30. The lowest BCUT2D eigenvalue weighted by molar-refractivity contribution is 0.0962. The highest BCUT2D eigenvalue weighted by molar-refractivity contribution is 5.95. The predicted octanol–water partition coefficient (Wildman–Crippen LogP) is 2.56. The third-order valence-electron chi connectivity index (χ3n) is 3.25. The predicted molar refractivity (Wildman–Crippen MR) is 93.7 cm³/mol. The molecule has 2 aromatic carbocycles. The maximum absolute atomic E-state index is 12.0. The summed E-state index contributed by atoms with van der Waals surface area (Å²) < 4.78 is 0. The molecular weight excluding hydrogens is 304 g/mol. The van der Waals surface area contributed by atoms with Crippen LogP contribution in [0, 0.1) is 0 Å². The molecule has 0 aliphatic rings. The highest BCUT2D eigenvalue weighted by atomic mass is 16.2. The van der Waals surface area contributed by atoms with E-state index in [1.54, 1.807) is 24.3 Å². The Hall–Kier alpha value is -3.61. The molecule has 3 aromatic rings. The summed E-state index contributed by atoms with van der Waals surface area (Å²) in [5, 5.41) is 3.10. The third-order valence-corrected chi connectivity index (χ3v) is 3.25. The molecule has 1 heterocycles. The number of aromatic nitrogens is 2. The van der Waals surface area contributed by atoms with E-state index in [-0.39, 0.29) is 5.91 Å². The van der Waals surface area contributed by atoms with Crippen LogP contribution >= 0.6 is 0 Å². The van der Waals surface area contributed by atoms with Crippen LogP contribution < -0.4 is 21.9 Å². The van der Waals surface area contributed by atoms with Gasteiger partial charge in [-0.15, -0.1) is 0 Å². The summed E-state index contributed by atoms with van der Waals surface area (Å²) in [5.74, 6) is 0.478. The van der Waals surface area contributed by atoms with Crippen LogP contribution in [0.1, 0.15) is 10.4 Å². The molecule has 0 spiro atoms. The number of hydrogen-bond acceptors (Lipinski definition) is 6. The second kappa shape index (κ2) is 7.10. The highest BCUT2D eigenvalue weighted by Gasteiger charge is 2.10. The molecule has 1 aromatic heterocycles. The van der Waals surface area contributed by atoms with Gasteiger partial charge in [-0.1, -0.05) is 36.4 Å². The van der Waals surface area contributed by atoms with Gasteiger partial charge in [-0.25, -0.2) is 9.97 Å². The van der Waals surface area contributed by atoms with E-state index < -0.39 is 0 Å². The number of nitrogens with zero attached hydrogens (tertiary/aromatic N) is 2. The maximum Gasteiger partial charge on any atom is 0.269 e. The van der Waals surface area contributed by atoms with Crippen molar-refractivity contribution in [3.8, 4) is 0 Å². The van der Waals surface area contributed by atoms with Crippen molar-refractivity contribution in [3.05, 3.63) is 72.6 Å². The van der Waals surface area contributed by atoms with Gasteiger partial charge < -0.3 is 11.1 Å². The molecule has 1 amide bonds. The van der Waals surface area contributed by atoms with Crippen LogP contribution in [0.3, 0.4) is 0 Å². The van der Waals surface area contributed by atoms with Crippen LogP contribution in [0.25, 0.3) is 0 Å². The van der Waals surface area contributed by atoms with E-state index in [1.807, 2.05) is 36.4 Å². The standard InChI is InChI=1S/C17H16N6O/c18-14-15(21-13-9-5-2-6-10-13)19-11-20-16(14)22-23-17(24)12-7-3-1-4-8-12/h1-11H,18H2,(H,23,24)(H2,19,20,21,22). The van der Waals surface area contributed by atoms with Crippen molar-refractivity contribution in [2.24, 2.45) is 0 Å². The molecule has 120 valence electrons. The van der Waals surface area contributed by atoms with Crippen molar-refractivity contribution in [1.82, 2.24) is 15.4 Å². The zero-order chi connectivity index (χ0) is 16.8. The minimum Gasteiger partial charge on any atom is -0.393 e. The normalized spacial score (nSPS) is 10.0. The van der Waals surface area contributed by atoms with Crippen molar-refractivity contribution in [1.29, 1.82) is 0 Å². The monoisotopic (exact) mass is 320 g/mol. The molecule has 24 heavy (non-hydrogen) atoms. The number of hydrazine groups is 1. The van der Waals surface area contributed by atoms with E-state index in [0.717, 1.165) is 5.69 Å². The van der Waals surface area contributed by atoms with Gasteiger partial charge in [-0.05, 0) is 24.3 Å². The Balaban J connectivity index is 1.70. The van der Waals surface area contributed by atoms with E-state index in [4.69, 9.17) is 5.73 Å². The van der Waals surface area contributed by atoms with Crippen LogP contribution in [0.4, 0.5) is 23.0 Å². The SMILES string of the molecule is Nc1c(NNC(=O)c2ccccc2)ncnc1Nc1ccccc1. The molecule has 0 bridgehead atoms. The fourth-order valence-electron chi connectivity index (χ4n) is 2.03. The van der Waals surface area contributed by atoms with E-state index in [0.29, 0.717) is 22.9 Å². The van der Waals surface area contributed by atoms with Crippen molar-refractivity contribution in [3.63, 3.8) is 0 Å². The molecular formula is C17H16N6O. The molecule has 0 unspecified atom stereocenters. The van der Waals surface area contributed by atoms with Crippen LogP contribution in [0.15, 0.2) is 67.0 Å². The van der Waals surface area contributed by atoms with Crippen molar-refractivity contribution in [2.45, 2.75) is 0 Å². The average Bonchev–Trinajstić information content (AvgIpc) is 2.64. The van der Waals surface area contributed by atoms with Gasteiger partial charge in [0.25, 0.3) is 5.91 Å². The fourth-order valence-corrected chi connectivity index (χ4v) is 2.03. The van der Waals surface area contributed by atoms with Crippen molar-refractivity contribution < 1.29 is 4.79 Å². The number of nitrogens with two attached hydrogens (primary N) is 1. The third kappa shape index (κ3) is 3.58. The first-order valence-corrected chi connectivity index (χ1v) is 7.28. The molecule has 0 fully saturated rings. The number of benzene rings is 2.